The van der Waals surface area contributed by atoms with Crippen LogP contribution >= 0.6 is 23.4 Å². The average Bonchev–Trinajstić information content (AvgIpc) is 3.14. The maximum absolute atomic E-state index is 13.2. The number of benzene rings is 2. The molecule has 36 heavy (non-hydrogen) atoms. The average molecular weight is 518 g/mol. The highest BCUT2D eigenvalue weighted by molar-refractivity contribution is 8.00. The highest BCUT2D eigenvalue weighted by Gasteiger charge is 2.41. The summed E-state index contributed by atoms with van der Waals surface area (Å²) in [5.41, 5.74) is 3.11. The Morgan fingerprint density at radius 1 is 0.972 bits per heavy atom. The first-order valence-electron chi connectivity index (χ1n) is 12.0. The zero-order valence-electron chi connectivity index (χ0n) is 19.6. The van der Waals surface area contributed by atoms with Crippen LogP contribution in [0.3, 0.4) is 0 Å². The molecule has 1 saturated heterocycles. The first-order valence-corrected chi connectivity index (χ1v) is 13.3. The molecule has 1 aromatic heterocycles. The van der Waals surface area contributed by atoms with Gasteiger partial charge in [-0.3, -0.25) is 9.59 Å². The monoisotopic (exact) mass is 517 g/mol. The van der Waals surface area contributed by atoms with Crippen molar-refractivity contribution in [2.24, 2.45) is 0 Å². The molecule has 0 spiro atoms. The summed E-state index contributed by atoms with van der Waals surface area (Å²) >= 11 is 7.13. The van der Waals surface area contributed by atoms with Crippen molar-refractivity contribution in [1.29, 1.82) is 5.26 Å². The van der Waals surface area contributed by atoms with Gasteiger partial charge in [0, 0.05) is 17.1 Å². The van der Waals surface area contributed by atoms with Gasteiger partial charge in [0.2, 0.25) is 11.8 Å². The molecule has 2 aromatic carbocycles. The van der Waals surface area contributed by atoms with Crippen LogP contribution in [0.5, 0.6) is 11.5 Å². The molecule has 1 aliphatic heterocycles. The van der Waals surface area contributed by atoms with Crippen LogP contribution in [0.1, 0.15) is 48.9 Å². The lowest BCUT2D eigenvalue weighted by Crippen LogP contribution is -2.31. The molecule has 1 atom stereocenters. The number of aromatic nitrogens is 1. The second kappa shape index (κ2) is 10.7. The van der Waals surface area contributed by atoms with Crippen molar-refractivity contribution in [3.8, 4) is 17.6 Å². The van der Waals surface area contributed by atoms with Crippen molar-refractivity contribution < 1.29 is 14.3 Å². The molecule has 8 heteroatoms. The molecular weight excluding hydrogens is 494 g/mol. The fourth-order valence-electron chi connectivity index (χ4n) is 4.54. The van der Waals surface area contributed by atoms with E-state index < -0.39 is 5.25 Å². The van der Waals surface area contributed by atoms with E-state index in [9.17, 15) is 14.9 Å². The van der Waals surface area contributed by atoms with E-state index in [1.165, 1.54) is 29.5 Å². The van der Waals surface area contributed by atoms with E-state index in [2.05, 4.69) is 6.07 Å². The number of fused-ring (bicyclic) bond motifs is 1. The summed E-state index contributed by atoms with van der Waals surface area (Å²) in [7, 11) is 0. The number of hydrogen-bond donors (Lipinski definition) is 0. The lowest BCUT2D eigenvalue weighted by Gasteiger charge is -2.17. The molecule has 0 saturated carbocycles. The maximum Gasteiger partial charge on any atom is 0.247 e. The second-order valence-electron chi connectivity index (χ2n) is 8.90. The number of pyridine rings is 1. The van der Waals surface area contributed by atoms with Crippen LogP contribution in [-0.2, 0) is 22.4 Å². The Kier molecular flexibility index (Phi) is 7.26. The number of nitriles is 1. The molecule has 1 unspecified atom stereocenters. The number of anilines is 1. The molecule has 5 rings (SSSR count). The maximum atomic E-state index is 13.2. The molecule has 3 aromatic rings. The smallest absolute Gasteiger partial charge is 0.247 e. The quantitative estimate of drug-likeness (QED) is 0.360. The Morgan fingerprint density at radius 2 is 1.64 bits per heavy atom. The number of carbonyl (C=O) groups is 2. The zero-order chi connectivity index (χ0) is 25.1. The molecule has 1 aliphatic carbocycles. The molecule has 182 valence electrons. The van der Waals surface area contributed by atoms with E-state index in [0.717, 1.165) is 36.9 Å². The Labute approximate surface area is 219 Å². The number of imide groups is 1. The fraction of sp³-hybridized carbons (Fsp3) is 0.286. The van der Waals surface area contributed by atoms with E-state index in [0.29, 0.717) is 32.8 Å². The van der Waals surface area contributed by atoms with Gasteiger partial charge in [-0.2, -0.15) is 5.26 Å². The molecule has 0 N–H and O–H groups in total. The summed E-state index contributed by atoms with van der Waals surface area (Å²) in [4.78, 5) is 32.1. The normalized spacial score (nSPS) is 17.8. The molecule has 0 radical (unpaired) electrons. The summed E-state index contributed by atoms with van der Waals surface area (Å²) in [5.74, 6) is 0.645. The minimum atomic E-state index is -0.617. The standard InChI is InChI=1S/C28H24ClN3O3S/c29-20-7-11-22(12-8-20)35-23-13-9-21(10-14-23)32-26(33)16-25(28(32)34)36-27-19(17-30)15-18-5-3-1-2-4-6-24(18)31-27/h7-15,25H,1-6,16H2. The van der Waals surface area contributed by atoms with Gasteiger partial charge in [0.05, 0.1) is 16.5 Å². The first kappa shape index (κ1) is 24.4. The molecular formula is C28H24ClN3O3S. The van der Waals surface area contributed by atoms with Gasteiger partial charge in [0.1, 0.15) is 22.6 Å². The third-order valence-corrected chi connectivity index (χ3v) is 7.83. The van der Waals surface area contributed by atoms with Crippen LogP contribution in [0.4, 0.5) is 5.69 Å². The summed E-state index contributed by atoms with van der Waals surface area (Å²) < 4.78 is 5.80. The predicted molar refractivity (Wildman–Crippen MR) is 140 cm³/mol. The zero-order valence-corrected chi connectivity index (χ0v) is 21.1. The molecule has 1 fully saturated rings. The Balaban J connectivity index is 1.32. The predicted octanol–water partition coefficient (Wildman–Crippen LogP) is 6.48. The molecule has 2 heterocycles. The number of rotatable bonds is 5. The van der Waals surface area contributed by atoms with Crippen molar-refractivity contribution in [2.75, 3.05) is 4.90 Å². The largest absolute Gasteiger partial charge is 0.457 e. The van der Waals surface area contributed by atoms with Gasteiger partial charge in [-0.25, -0.2) is 9.88 Å². The van der Waals surface area contributed by atoms with Gasteiger partial charge in [-0.1, -0.05) is 36.2 Å². The van der Waals surface area contributed by atoms with E-state index in [-0.39, 0.29) is 18.2 Å². The summed E-state index contributed by atoms with van der Waals surface area (Å²) in [6, 6.07) is 18.0. The molecule has 2 amide bonds. The highest BCUT2D eigenvalue weighted by atomic mass is 35.5. The highest BCUT2D eigenvalue weighted by Crippen LogP contribution is 2.36. The molecule has 2 aliphatic rings. The van der Waals surface area contributed by atoms with Crippen molar-refractivity contribution >= 4 is 40.9 Å². The molecule has 6 nitrogen and oxygen atoms in total. The summed E-state index contributed by atoms with van der Waals surface area (Å²) in [6.07, 6.45) is 6.41. The van der Waals surface area contributed by atoms with Gasteiger partial charge in [0.15, 0.2) is 0 Å². The number of hydrogen-bond acceptors (Lipinski definition) is 6. The SMILES string of the molecule is N#Cc1cc2c(nc1SC1CC(=O)N(c3ccc(Oc4ccc(Cl)cc4)cc3)C1=O)CCCCCC2. The van der Waals surface area contributed by atoms with E-state index >= 15 is 0 Å². The van der Waals surface area contributed by atoms with Gasteiger partial charge in [-0.05, 0) is 85.8 Å². The van der Waals surface area contributed by atoms with E-state index in [4.69, 9.17) is 21.3 Å². The second-order valence-corrected chi connectivity index (χ2v) is 10.5. The topological polar surface area (TPSA) is 83.3 Å². The van der Waals surface area contributed by atoms with Crippen molar-refractivity contribution in [1.82, 2.24) is 4.98 Å². The van der Waals surface area contributed by atoms with Crippen molar-refractivity contribution in [2.45, 2.75) is 55.2 Å². The van der Waals surface area contributed by atoms with Crippen LogP contribution < -0.4 is 9.64 Å². The molecule has 0 bridgehead atoms. The van der Waals surface area contributed by atoms with Gasteiger partial charge in [0.25, 0.3) is 0 Å². The lowest BCUT2D eigenvalue weighted by atomic mass is 9.96. The first-order chi connectivity index (χ1) is 17.5. The Hall–Kier alpha value is -3.34. The number of amides is 2. The van der Waals surface area contributed by atoms with E-state index in [1.54, 1.807) is 48.5 Å². The van der Waals surface area contributed by atoms with E-state index in [1.807, 2.05) is 6.07 Å². The number of thioether (sulfide) groups is 1. The number of aryl methyl sites for hydroxylation is 2. The lowest BCUT2D eigenvalue weighted by molar-refractivity contribution is -0.121. The number of ether oxygens (including phenoxy) is 1. The van der Waals surface area contributed by atoms with Crippen molar-refractivity contribution in [3.63, 3.8) is 0 Å². The fourth-order valence-corrected chi connectivity index (χ4v) is 5.76. The minimum absolute atomic E-state index is 0.0656. The third-order valence-electron chi connectivity index (χ3n) is 6.39. The van der Waals surface area contributed by atoms with Crippen LogP contribution in [0.25, 0.3) is 0 Å². The number of nitrogens with zero attached hydrogens (tertiary/aromatic N) is 3. The number of halogens is 1. The third kappa shape index (κ3) is 5.25. The number of carbonyl (C=O) groups excluding carboxylic acids is 2. The van der Waals surface area contributed by atoms with Crippen LogP contribution in [0.2, 0.25) is 5.02 Å². The van der Waals surface area contributed by atoms with Gasteiger partial charge >= 0.3 is 0 Å². The van der Waals surface area contributed by atoms with Crippen molar-refractivity contribution in [3.05, 3.63) is 76.4 Å². The van der Waals surface area contributed by atoms with Gasteiger partial charge in [-0.15, -0.1) is 0 Å². The van der Waals surface area contributed by atoms with Crippen LogP contribution in [0.15, 0.2) is 59.6 Å². The van der Waals surface area contributed by atoms with Crippen LogP contribution in [0, 0.1) is 11.3 Å². The minimum Gasteiger partial charge on any atom is -0.457 e. The summed E-state index contributed by atoms with van der Waals surface area (Å²) in [6.45, 7) is 0. The van der Waals surface area contributed by atoms with Gasteiger partial charge < -0.3 is 4.74 Å². The van der Waals surface area contributed by atoms with Crippen LogP contribution in [-0.4, -0.2) is 22.0 Å². The Bertz CT molecular complexity index is 1340. The Morgan fingerprint density at radius 3 is 2.33 bits per heavy atom. The summed E-state index contributed by atoms with van der Waals surface area (Å²) in [5, 5.41) is 10.3.